The second-order valence-electron chi connectivity index (χ2n) is 10.7. The minimum atomic E-state index is -0.616. The standard InChI is InChI=1S/C34H44N2O6/c1-3-5-7-15-33(39)42-25-29(21-26-16-18-31(19-17-26)41-24-27-12-8-6-9-13-27)35-34(40)28(11-4-2)22-32(38)36-20-10-14-30(36)23-37/h3-4,6,8-9,12-13,16-19,28-30,37H,1-2,5,7,10-11,14-15,20-25H2,(H,35,40). The summed E-state index contributed by atoms with van der Waals surface area (Å²) in [4.78, 5) is 40.4. The van der Waals surface area contributed by atoms with Crippen molar-refractivity contribution in [3.8, 4) is 5.75 Å². The fourth-order valence-corrected chi connectivity index (χ4v) is 5.04. The Kier molecular flexibility index (Phi) is 13.8. The summed E-state index contributed by atoms with van der Waals surface area (Å²) in [6.45, 7) is 8.42. The van der Waals surface area contributed by atoms with Gasteiger partial charge >= 0.3 is 5.97 Å². The molecule has 2 aromatic rings. The molecule has 0 spiro atoms. The number of rotatable bonds is 18. The molecule has 8 nitrogen and oxygen atoms in total. The fourth-order valence-electron chi connectivity index (χ4n) is 5.04. The molecule has 226 valence electrons. The summed E-state index contributed by atoms with van der Waals surface area (Å²) in [5, 5.41) is 12.6. The lowest BCUT2D eigenvalue weighted by Gasteiger charge is -2.26. The van der Waals surface area contributed by atoms with Crippen LogP contribution in [-0.2, 0) is 32.1 Å². The van der Waals surface area contributed by atoms with Crippen LogP contribution in [0.1, 0.15) is 56.1 Å². The zero-order chi connectivity index (χ0) is 30.2. The van der Waals surface area contributed by atoms with Crippen molar-refractivity contribution in [3.05, 3.63) is 91.0 Å². The van der Waals surface area contributed by atoms with E-state index in [2.05, 4.69) is 18.5 Å². The number of nitrogens with zero attached hydrogens (tertiary/aromatic N) is 1. The van der Waals surface area contributed by atoms with Gasteiger partial charge in [-0.05, 0) is 61.8 Å². The largest absolute Gasteiger partial charge is 0.489 e. The lowest BCUT2D eigenvalue weighted by molar-refractivity contribution is -0.145. The Balaban J connectivity index is 1.64. The van der Waals surface area contributed by atoms with Gasteiger partial charge in [-0.1, -0.05) is 54.6 Å². The van der Waals surface area contributed by atoms with E-state index in [0.717, 1.165) is 36.1 Å². The fraction of sp³-hybridized carbons (Fsp3) is 0.441. The highest BCUT2D eigenvalue weighted by Gasteiger charge is 2.31. The molecular weight excluding hydrogens is 532 g/mol. The third-order valence-electron chi connectivity index (χ3n) is 7.39. The Morgan fingerprint density at radius 3 is 2.50 bits per heavy atom. The highest BCUT2D eigenvalue weighted by molar-refractivity contribution is 5.86. The number of unbranched alkanes of at least 4 members (excludes halogenated alkanes) is 1. The highest BCUT2D eigenvalue weighted by atomic mass is 16.5. The molecule has 0 radical (unpaired) electrons. The first kappa shape index (κ1) is 32.6. The van der Waals surface area contributed by atoms with Crippen LogP contribution in [0, 0.1) is 5.92 Å². The maximum atomic E-state index is 13.4. The number of aliphatic hydroxyl groups is 1. The summed E-state index contributed by atoms with van der Waals surface area (Å²) in [6, 6.07) is 16.8. The van der Waals surface area contributed by atoms with Crippen molar-refractivity contribution >= 4 is 17.8 Å². The minimum Gasteiger partial charge on any atom is -0.489 e. The van der Waals surface area contributed by atoms with Crippen LogP contribution in [-0.4, -0.2) is 59.6 Å². The van der Waals surface area contributed by atoms with Gasteiger partial charge in [-0.25, -0.2) is 0 Å². The van der Waals surface area contributed by atoms with E-state index in [1.165, 1.54) is 0 Å². The van der Waals surface area contributed by atoms with Gasteiger partial charge in [0.25, 0.3) is 0 Å². The zero-order valence-corrected chi connectivity index (χ0v) is 24.4. The predicted molar refractivity (Wildman–Crippen MR) is 163 cm³/mol. The molecule has 1 aliphatic rings. The molecule has 2 amide bonds. The van der Waals surface area contributed by atoms with Crippen LogP contribution in [0.4, 0.5) is 0 Å². The number of hydrogen-bond acceptors (Lipinski definition) is 6. The first-order valence-electron chi connectivity index (χ1n) is 14.8. The maximum absolute atomic E-state index is 13.4. The molecule has 1 heterocycles. The number of allylic oxidation sites excluding steroid dienone is 2. The van der Waals surface area contributed by atoms with E-state index in [1.54, 1.807) is 17.1 Å². The van der Waals surface area contributed by atoms with Crippen molar-refractivity contribution in [2.24, 2.45) is 5.92 Å². The average molecular weight is 577 g/mol. The van der Waals surface area contributed by atoms with Crippen LogP contribution < -0.4 is 10.1 Å². The highest BCUT2D eigenvalue weighted by Crippen LogP contribution is 2.21. The molecule has 0 aromatic heterocycles. The summed E-state index contributed by atoms with van der Waals surface area (Å²) in [6.07, 6.45) is 7.42. The van der Waals surface area contributed by atoms with Gasteiger partial charge in [-0.3, -0.25) is 14.4 Å². The van der Waals surface area contributed by atoms with E-state index >= 15 is 0 Å². The van der Waals surface area contributed by atoms with Crippen LogP contribution in [0.15, 0.2) is 79.9 Å². The van der Waals surface area contributed by atoms with Gasteiger partial charge < -0.3 is 24.8 Å². The molecule has 3 atom stereocenters. The molecule has 0 saturated carbocycles. The quantitative estimate of drug-likeness (QED) is 0.151. The Bertz CT molecular complexity index is 1150. The molecule has 0 bridgehead atoms. The molecule has 42 heavy (non-hydrogen) atoms. The van der Waals surface area contributed by atoms with Crippen molar-refractivity contribution in [1.29, 1.82) is 0 Å². The molecule has 1 fully saturated rings. The number of amides is 2. The van der Waals surface area contributed by atoms with Crippen LogP contribution in [0.3, 0.4) is 0 Å². The summed E-state index contributed by atoms with van der Waals surface area (Å²) in [7, 11) is 0. The van der Waals surface area contributed by atoms with E-state index in [-0.39, 0.29) is 49.9 Å². The van der Waals surface area contributed by atoms with Crippen molar-refractivity contribution in [3.63, 3.8) is 0 Å². The summed E-state index contributed by atoms with van der Waals surface area (Å²) in [5.41, 5.74) is 2.01. The van der Waals surface area contributed by atoms with Gasteiger partial charge in [0.05, 0.1) is 24.6 Å². The zero-order valence-electron chi connectivity index (χ0n) is 24.4. The van der Waals surface area contributed by atoms with E-state index in [1.807, 2.05) is 54.6 Å². The molecule has 1 saturated heterocycles. The number of ether oxygens (including phenoxy) is 2. The SMILES string of the molecule is C=CCCCC(=O)OCC(Cc1ccc(OCc2ccccc2)cc1)NC(=O)C(CC=C)CC(=O)N1CCCC1CO. The van der Waals surface area contributed by atoms with Crippen LogP contribution in [0.5, 0.6) is 5.75 Å². The minimum absolute atomic E-state index is 0.0123. The summed E-state index contributed by atoms with van der Waals surface area (Å²) < 4.78 is 11.4. The van der Waals surface area contributed by atoms with E-state index < -0.39 is 12.0 Å². The van der Waals surface area contributed by atoms with Crippen molar-refractivity contribution in [2.45, 2.75) is 70.1 Å². The second kappa shape index (κ2) is 17.8. The first-order valence-corrected chi connectivity index (χ1v) is 14.8. The molecule has 2 N–H and O–H groups in total. The average Bonchev–Trinajstić information content (AvgIpc) is 3.49. The van der Waals surface area contributed by atoms with E-state index in [0.29, 0.717) is 32.4 Å². The summed E-state index contributed by atoms with van der Waals surface area (Å²) >= 11 is 0. The predicted octanol–water partition coefficient (Wildman–Crippen LogP) is 4.76. The lowest BCUT2D eigenvalue weighted by Crippen LogP contribution is -2.45. The molecular formula is C34H44N2O6. The smallest absolute Gasteiger partial charge is 0.305 e. The Morgan fingerprint density at radius 1 is 1.05 bits per heavy atom. The van der Waals surface area contributed by atoms with Crippen LogP contribution in [0.25, 0.3) is 0 Å². The third kappa shape index (κ3) is 10.8. The number of benzene rings is 2. The molecule has 3 unspecified atom stereocenters. The Morgan fingerprint density at radius 2 is 1.81 bits per heavy atom. The Labute approximate surface area is 249 Å². The van der Waals surface area contributed by atoms with Gasteiger partial charge in [-0.15, -0.1) is 13.2 Å². The second-order valence-corrected chi connectivity index (χ2v) is 10.7. The Hall–Kier alpha value is -3.91. The molecule has 2 aromatic carbocycles. The number of carbonyl (C=O) groups excluding carboxylic acids is 3. The van der Waals surface area contributed by atoms with Crippen molar-refractivity contribution in [2.75, 3.05) is 19.8 Å². The monoisotopic (exact) mass is 576 g/mol. The van der Waals surface area contributed by atoms with Gasteiger partial charge in [0, 0.05) is 19.4 Å². The van der Waals surface area contributed by atoms with Gasteiger partial charge in [-0.2, -0.15) is 0 Å². The number of likely N-dealkylation sites (tertiary alicyclic amines) is 1. The van der Waals surface area contributed by atoms with Crippen molar-refractivity contribution in [1.82, 2.24) is 10.2 Å². The normalized spacial score (nSPS) is 15.8. The van der Waals surface area contributed by atoms with E-state index in [9.17, 15) is 19.5 Å². The number of carbonyl (C=O) groups is 3. The molecule has 1 aliphatic heterocycles. The third-order valence-corrected chi connectivity index (χ3v) is 7.39. The lowest BCUT2D eigenvalue weighted by atomic mass is 9.98. The van der Waals surface area contributed by atoms with Crippen LogP contribution >= 0.6 is 0 Å². The summed E-state index contributed by atoms with van der Waals surface area (Å²) in [5.74, 6) is -0.662. The topological polar surface area (TPSA) is 105 Å². The van der Waals surface area contributed by atoms with Crippen molar-refractivity contribution < 1.29 is 29.0 Å². The first-order chi connectivity index (χ1) is 20.4. The molecule has 0 aliphatic carbocycles. The van der Waals surface area contributed by atoms with Gasteiger partial charge in [0.15, 0.2) is 0 Å². The van der Waals surface area contributed by atoms with Gasteiger partial charge in [0.2, 0.25) is 11.8 Å². The number of esters is 1. The van der Waals surface area contributed by atoms with Gasteiger partial charge in [0.1, 0.15) is 19.0 Å². The molecule has 3 rings (SSSR count). The molecule has 8 heteroatoms. The number of hydrogen-bond donors (Lipinski definition) is 2. The van der Waals surface area contributed by atoms with E-state index in [4.69, 9.17) is 9.47 Å². The maximum Gasteiger partial charge on any atom is 0.305 e. The number of aliphatic hydroxyl groups excluding tert-OH is 1. The van der Waals surface area contributed by atoms with Crippen LogP contribution in [0.2, 0.25) is 0 Å². The number of nitrogens with one attached hydrogen (secondary N) is 1.